The number of hydrogen-bond donors (Lipinski definition) is 1. The van der Waals surface area contributed by atoms with Gasteiger partial charge in [0.25, 0.3) is 5.95 Å². The van der Waals surface area contributed by atoms with Crippen molar-refractivity contribution in [3.05, 3.63) is 43.0 Å². The molecule has 1 aromatic heterocycles. The van der Waals surface area contributed by atoms with Gasteiger partial charge in [0, 0.05) is 18.8 Å². The molecule has 1 aromatic carbocycles. The molecule has 0 saturated carbocycles. The molecule has 3 rings (SSSR count). The van der Waals surface area contributed by atoms with Crippen LogP contribution in [0.1, 0.15) is 12.8 Å². The molecular weight excluding hydrogens is 268 g/mol. The Morgan fingerprint density at radius 3 is 2.43 bits per heavy atom. The summed E-state index contributed by atoms with van der Waals surface area (Å²) in [5.74, 6) is 0.334. The number of para-hydroxylation sites is 1. The predicted molar refractivity (Wildman–Crippen MR) is 78.6 cm³/mol. The summed E-state index contributed by atoms with van der Waals surface area (Å²) < 4.78 is 0. The Hall–Kier alpha value is -2.54. The second-order valence-electron chi connectivity index (χ2n) is 4.71. The molecule has 0 bridgehead atoms. The maximum Gasteiger partial charge on any atom is 0.343 e. The van der Waals surface area contributed by atoms with Gasteiger partial charge in [0.05, 0.1) is 0 Å². The minimum Gasteiger partial charge on any atom is -0.306 e. The van der Waals surface area contributed by atoms with Crippen molar-refractivity contribution in [2.45, 2.75) is 12.8 Å². The van der Waals surface area contributed by atoms with Gasteiger partial charge in [-0.2, -0.15) is 15.0 Å². The minimum atomic E-state index is -0.269. The number of carbonyl (C=O) groups is 1. The lowest BCUT2D eigenvalue weighted by molar-refractivity contribution is 0.232. The van der Waals surface area contributed by atoms with Gasteiger partial charge in [0.15, 0.2) is 0 Å². The third-order valence-electron chi connectivity index (χ3n) is 3.25. The van der Waals surface area contributed by atoms with E-state index < -0.39 is 0 Å². The van der Waals surface area contributed by atoms with Crippen molar-refractivity contribution in [2.75, 3.05) is 23.4 Å². The van der Waals surface area contributed by atoms with Crippen LogP contribution in [0.5, 0.6) is 0 Å². The van der Waals surface area contributed by atoms with E-state index in [1.165, 1.54) is 17.7 Å². The highest BCUT2D eigenvalue weighted by atomic mass is 16.2. The Labute approximate surface area is 122 Å². The molecule has 1 N–H and O–H groups in total. The van der Waals surface area contributed by atoms with Gasteiger partial charge < -0.3 is 5.32 Å². The number of nitrogens with one attached hydrogen (secondary N) is 1. The van der Waals surface area contributed by atoms with E-state index in [9.17, 15) is 4.79 Å². The zero-order valence-electron chi connectivity index (χ0n) is 11.5. The molecule has 0 spiro atoms. The first kappa shape index (κ1) is 13.4. The highest BCUT2D eigenvalue weighted by Gasteiger charge is 2.28. The highest BCUT2D eigenvalue weighted by Crippen LogP contribution is 2.18. The Bertz CT molecular complexity index is 585. The Balaban J connectivity index is 1.83. The van der Waals surface area contributed by atoms with Crippen LogP contribution in [-0.4, -0.2) is 39.1 Å². The SMILES string of the molecule is O=C(Nc1ccccc1)N(c1ncncn1)N1CCCC1. The highest BCUT2D eigenvalue weighted by molar-refractivity contribution is 5.99. The summed E-state index contributed by atoms with van der Waals surface area (Å²) in [6.45, 7) is 1.63. The molecule has 0 atom stereocenters. The molecule has 108 valence electrons. The number of aromatic nitrogens is 3. The van der Waals surface area contributed by atoms with Gasteiger partial charge in [-0.05, 0) is 25.0 Å². The van der Waals surface area contributed by atoms with Crippen molar-refractivity contribution in [1.82, 2.24) is 20.0 Å². The van der Waals surface area contributed by atoms with Crippen LogP contribution < -0.4 is 10.3 Å². The summed E-state index contributed by atoms with van der Waals surface area (Å²) >= 11 is 0. The third kappa shape index (κ3) is 3.14. The molecular formula is C14H16N6O. The molecule has 0 aliphatic carbocycles. The van der Waals surface area contributed by atoms with Gasteiger partial charge in [-0.15, -0.1) is 0 Å². The van der Waals surface area contributed by atoms with Crippen molar-refractivity contribution in [3.63, 3.8) is 0 Å². The third-order valence-corrected chi connectivity index (χ3v) is 3.25. The van der Waals surface area contributed by atoms with Gasteiger partial charge in [0.1, 0.15) is 12.7 Å². The first-order valence-electron chi connectivity index (χ1n) is 6.87. The van der Waals surface area contributed by atoms with Crippen LogP contribution in [0.4, 0.5) is 16.4 Å². The van der Waals surface area contributed by atoms with E-state index in [1.807, 2.05) is 35.3 Å². The van der Waals surface area contributed by atoms with E-state index in [0.717, 1.165) is 31.6 Å². The molecule has 0 unspecified atom stereocenters. The standard InChI is InChI=1S/C14H16N6O/c21-14(18-12-6-2-1-3-7-12)20(19-8-4-5-9-19)13-16-10-15-11-17-13/h1-3,6-7,10-11H,4-5,8-9H2,(H,18,21). The first-order valence-corrected chi connectivity index (χ1v) is 6.87. The molecule has 0 radical (unpaired) electrons. The molecule has 2 amide bonds. The normalized spacial score (nSPS) is 14.9. The van der Waals surface area contributed by atoms with Crippen LogP contribution in [0.3, 0.4) is 0 Å². The number of carbonyl (C=O) groups excluding carboxylic acids is 1. The number of hydrogen-bond acceptors (Lipinski definition) is 5. The van der Waals surface area contributed by atoms with Crippen molar-refractivity contribution in [1.29, 1.82) is 0 Å². The summed E-state index contributed by atoms with van der Waals surface area (Å²) in [5, 5.41) is 6.30. The molecule has 1 fully saturated rings. The molecule has 1 aliphatic heterocycles. The number of amides is 2. The minimum absolute atomic E-state index is 0.269. The average Bonchev–Trinajstić information content (AvgIpc) is 3.03. The van der Waals surface area contributed by atoms with Crippen LogP contribution in [0.25, 0.3) is 0 Å². The largest absolute Gasteiger partial charge is 0.343 e. The van der Waals surface area contributed by atoms with Crippen LogP contribution in [0.2, 0.25) is 0 Å². The Kier molecular flexibility index (Phi) is 4.02. The topological polar surface area (TPSA) is 74.2 Å². The molecule has 7 nitrogen and oxygen atoms in total. The maximum absolute atomic E-state index is 12.6. The molecule has 2 aromatic rings. The summed E-state index contributed by atoms with van der Waals surface area (Å²) in [6.07, 6.45) is 4.89. The van der Waals surface area contributed by atoms with Crippen molar-refractivity contribution in [3.8, 4) is 0 Å². The smallest absolute Gasteiger partial charge is 0.306 e. The van der Waals surface area contributed by atoms with Gasteiger partial charge in [-0.1, -0.05) is 18.2 Å². The summed E-state index contributed by atoms with van der Waals surface area (Å²) in [4.78, 5) is 24.5. The van der Waals surface area contributed by atoms with Crippen LogP contribution >= 0.6 is 0 Å². The number of benzene rings is 1. The monoisotopic (exact) mass is 284 g/mol. The zero-order valence-corrected chi connectivity index (χ0v) is 11.5. The molecule has 2 heterocycles. The van der Waals surface area contributed by atoms with E-state index in [4.69, 9.17) is 0 Å². The van der Waals surface area contributed by atoms with Crippen molar-refractivity contribution < 1.29 is 4.79 Å². The number of hydrazine groups is 1. The van der Waals surface area contributed by atoms with Gasteiger partial charge in [-0.25, -0.2) is 14.8 Å². The molecule has 7 heteroatoms. The molecule has 21 heavy (non-hydrogen) atoms. The van der Waals surface area contributed by atoms with Gasteiger partial charge in [-0.3, -0.25) is 0 Å². The van der Waals surface area contributed by atoms with Crippen LogP contribution in [0.15, 0.2) is 43.0 Å². The fourth-order valence-corrected chi connectivity index (χ4v) is 2.29. The summed E-state index contributed by atoms with van der Waals surface area (Å²) in [7, 11) is 0. The van der Waals surface area contributed by atoms with Crippen LogP contribution in [-0.2, 0) is 0 Å². The second-order valence-corrected chi connectivity index (χ2v) is 4.71. The fraction of sp³-hybridized carbons (Fsp3) is 0.286. The quantitative estimate of drug-likeness (QED) is 0.932. The zero-order chi connectivity index (χ0) is 14.5. The van der Waals surface area contributed by atoms with Gasteiger partial charge >= 0.3 is 6.03 Å². The van der Waals surface area contributed by atoms with E-state index >= 15 is 0 Å². The summed E-state index contributed by atoms with van der Waals surface area (Å²) in [5.41, 5.74) is 0.737. The maximum atomic E-state index is 12.6. The Morgan fingerprint density at radius 1 is 1.10 bits per heavy atom. The van der Waals surface area contributed by atoms with E-state index in [-0.39, 0.29) is 6.03 Å². The number of nitrogens with zero attached hydrogens (tertiary/aromatic N) is 5. The molecule has 1 aliphatic rings. The number of urea groups is 1. The van der Waals surface area contributed by atoms with Crippen molar-refractivity contribution >= 4 is 17.7 Å². The fourth-order valence-electron chi connectivity index (χ4n) is 2.29. The van der Waals surface area contributed by atoms with Crippen molar-refractivity contribution in [2.24, 2.45) is 0 Å². The lowest BCUT2D eigenvalue weighted by atomic mass is 10.3. The Morgan fingerprint density at radius 2 is 1.76 bits per heavy atom. The average molecular weight is 284 g/mol. The van der Waals surface area contributed by atoms with Gasteiger partial charge in [0.2, 0.25) is 0 Å². The second kappa shape index (κ2) is 6.27. The number of rotatable bonds is 3. The van der Waals surface area contributed by atoms with E-state index in [1.54, 1.807) is 0 Å². The first-order chi connectivity index (χ1) is 10.3. The van der Waals surface area contributed by atoms with Crippen LogP contribution in [0, 0.1) is 0 Å². The lowest BCUT2D eigenvalue weighted by Crippen LogP contribution is -2.48. The van der Waals surface area contributed by atoms with E-state index in [0.29, 0.717) is 5.95 Å². The lowest BCUT2D eigenvalue weighted by Gasteiger charge is -2.29. The summed E-state index contributed by atoms with van der Waals surface area (Å²) in [6, 6.07) is 9.06. The molecule has 1 saturated heterocycles. The number of anilines is 2. The van der Waals surface area contributed by atoms with E-state index in [2.05, 4.69) is 20.3 Å². The predicted octanol–water partition coefficient (Wildman–Crippen LogP) is 1.92.